The first kappa shape index (κ1) is 23.1. The average molecular weight is 468 g/mol. The molecule has 1 fully saturated rings. The number of sulfonamides is 1. The van der Waals surface area contributed by atoms with E-state index in [1.165, 1.54) is 4.31 Å². The predicted octanol–water partition coefficient (Wildman–Crippen LogP) is 5.00. The quantitative estimate of drug-likeness (QED) is 0.620. The summed E-state index contributed by atoms with van der Waals surface area (Å²) in [6.45, 7) is 3.88. The third-order valence-electron chi connectivity index (χ3n) is 5.34. The molecule has 2 aromatic rings. The number of hydrogen-bond acceptors (Lipinski definition) is 4. The highest BCUT2D eigenvalue weighted by Gasteiger charge is 2.45. The second kappa shape index (κ2) is 9.73. The summed E-state index contributed by atoms with van der Waals surface area (Å²) in [4.78, 5) is 12.2. The molecule has 0 unspecified atom stereocenters. The lowest BCUT2D eigenvalue weighted by molar-refractivity contribution is -0.143. The Balaban J connectivity index is 2.06. The van der Waals surface area contributed by atoms with Gasteiger partial charge < -0.3 is 5.11 Å². The third kappa shape index (κ3) is 5.02. The fraction of sp³-hybridized carbons (Fsp3) is 0.409. The Kier molecular flexibility index (Phi) is 7.50. The number of thioether (sulfide) groups is 1. The fourth-order valence-electron chi connectivity index (χ4n) is 3.76. The normalized spacial score (nSPS) is 22.7. The second-order valence-corrected chi connectivity index (χ2v) is 11.2. The summed E-state index contributed by atoms with van der Waals surface area (Å²) in [6, 6.07) is 13.4. The Bertz CT molecular complexity index is 994. The number of nitrogens with zero attached hydrogens (tertiary/aromatic N) is 1. The van der Waals surface area contributed by atoms with Gasteiger partial charge in [0.25, 0.3) is 0 Å². The fourth-order valence-corrected chi connectivity index (χ4v) is 6.90. The molecular weight excluding hydrogens is 442 g/mol. The first-order valence-corrected chi connectivity index (χ1v) is 12.8. The molecule has 3 atom stereocenters. The summed E-state index contributed by atoms with van der Waals surface area (Å²) < 4.78 is 28.5. The van der Waals surface area contributed by atoms with Crippen LogP contribution in [0.5, 0.6) is 0 Å². The molecular formula is C22H26ClNO4S2. The SMILES string of the molecule is CCCS[C@@H]1C[C@@H](c2cccc(Cl)c2)N(S(=O)(=O)c2ccc(C)cc2)C[C@H]1C(=O)O. The number of hydrogen-bond donors (Lipinski definition) is 1. The summed E-state index contributed by atoms with van der Waals surface area (Å²) in [5, 5.41) is 10.2. The molecule has 8 heteroatoms. The Hall–Kier alpha value is -1.54. The van der Waals surface area contributed by atoms with Crippen LogP contribution in [-0.4, -0.2) is 41.3 Å². The lowest BCUT2D eigenvalue weighted by atomic mass is 9.90. The van der Waals surface area contributed by atoms with E-state index in [4.69, 9.17) is 11.6 Å². The Morgan fingerprint density at radius 3 is 2.53 bits per heavy atom. The van der Waals surface area contributed by atoms with Crippen molar-refractivity contribution in [3.05, 3.63) is 64.7 Å². The molecule has 2 aromatic carbocycles. The molecule has 30 heavy (non-hydrogen) atoms. The Morgan fingerprint density at radius 2 is 1.93 bits per heavy atom. The van der Waals surface area contributed by atoms with Gasteiger partial charge in [0.15, 0.2) is 0 Å². The minimum absolute atomic E-state index is 0.0654. The van der Waals surface area contributed by atoms with Crippen molar-refractivity contribution in [1.29, 1.82) is 0 Å². The molecule has 0 radical (unpaired) electrons. The van der Waals surface area contributed by atoms with Crippen molar-refractivity contribution >= 4 is 39.4 Å². The van der Waals surface area contributed by atoms with E-state index in [1.807, 2.05) is 19.9 Å². The minimum atomic E-state index is -3.88. The molecule has 5 nitrogen and oxygen atoms in total. The highest BCUT2D eigenvalue weighted by Crippen LogP contribution is 2.42. The van der Waals surface area contributed by atoms with Crippen molar-refractivity contribution in [3.63, 3.8) is 0 Å². The lowest BCUT2D eigenvalue weighted by Gasteiger charge is -2.41. The number of halogens is 1. The van der Waals surface area contributed by atoms with Gasteiger partial charge in [-0.25, -0.2) is 8.42 Å². The molecule has 162 valence electrons. The van der Waals surface area contributed by atoms with Gasteiger partial charge in [0.05, 0.1) is 16.9 Å². The smallest absolute Gasteiger partial charge is 0.308 e. The maximum absolute atomic E-state index is 13.5. The number of carbonyl (C=O) groups is 1. The van der Waals surface area contributed by atoms with E-state index < -0.39 is 28.0 Å². The van der Waals surface area contributed by atoms with Gasteiger partial charge in [-0.15, -0.1) is 0 Å². The molecule has 1 aliphatic rings. The van der Waals surface area contributed by atoms with Crippen molar-refractivity contribution in [2.75, 3.05) is 12.3 Å². The molecule has 1 heterocycles. The molecule has 3 rings (SSSR count). The van der Waals surface area contributed by atoms with Crippen molar-refractivity contribution < 1.29 is 18.3 Å². The highest BCUT2D eigenvalue weighted by atomic mass is 35.5. The summed E-state index contributed by atoms with van der Waals surface area (Å²) in [5.74, 6) is -0.893. The first-order valence-electron chi connectivity index (χ1n) is 9.92. The zero-order chi connectivity index (χ0) is 21.9. The van der Waals surface area contributed by atoms with Crippen molar-refractivity contribution in [3.8, 4) is 0 Å². The van der Waals surface area contributed by atoms with Gasteiger partial charge in [-0.2, -0.15) is 16.1 Å². The minimum Gasteiger partial charge on any atom is -0.481 e. The number of benzene rings is 2. The predicted molar refractivity (Wildman–Crippen MR) is 122 cm³/mol. The van der Waals surface area contributed by atoms with Crippen LogP contribution in [-0.2, 0) is 14.8 Å². The zero-order valence-corrected chi connectivity index (χ0v) is 19.4. The van der Waals surface area contributed by atoms with Crippen LogP contribution < -0.4 is 0 Å². The van der Waals surface area contributed by atoms with Gasteiger partial charge >= 0.3 is 5.97 Å². The van der Waals surface area contributed by atoms with Crippen LogP contribution in [0.2, 0.25) is 5.02 Å². The molecule has 1 N–H and O–H groups in total. The van der Waals surface area contributed by atoms with Gasteiger partial charge in [-0.1, -0.05) is 48.4 Å². The molecule has 0 saturated carbocycles. The Morgan fingerprint density at radius 1 is 1.23 bits per heavy atom. The number of aliphatic carboxylic acids is 1. The molecule has 0 aromatic heterocycles. The van der Waals surface area contributed by atoms with Crippen LogP contribution in [0.15, 0.2) is 53.4 Å². The summed E-state index contributed by atoms with van der Waals surface area (Å²) in [6.07, 6.45) is 1.35. The maximum Gasteiger partial charge on any atom is 0.308 e. The van der Waals surface area contributed by atoms with Gasteiger partial charge in [-0.05, 0) is 55.3 Å². The molecule has 0 amide bonds. The summed E-state index contributed by atoms with van der Waals surface area (Å²) in [7, 11) is -3.88. The van der Waals surface area contributed by atoms with E-state index in [9.17, 15) is 18.3 Å². The number of carboxylic acid groups (broad SMARTS) is 1. The summed E-state index contributed by atoms with van der Waals surface area (Å²) in [5.41, 5.74) is 1.74. The third-order valence-corrected chi connectivity index (χ3v) is 9.06. The van der Waals surface area contributed by atoms with Crippen molar-refractivity contribution in [2.24, 2.45) is 5.92 Å². The molecule has 1 aliphatic heterocycles. The maximum atomic E-state index is 13.5. The monoisotopic (exact) mass is 467 g/mol. The van der Waals surface area contributed by atoms with Crippen LogP contribution >= 0.6 is 23.4 Å². The number of rotatable bonds is 7. The van der Waals surface area contributed by atoms with Gasteiger partial charge in [0.1, 0.15) is 0 Å². The highest BCUT2D eigenvalue weighted by molar-refractivity contribution is 7.99. The topological polar surface area (TPSA) is 74.7 Å². The standard InChI is InChI=1S/C22H26ClNO4S2/c1-3-11-29-21-13-20(16-5-4-6-17(23)12-16)24(14-19(21)22(25)26)30(27,28)18-9-7-15(2)8-10-18/h4-10,12,19-21H,3,11,13-14H2,1-2H3,(H,25,26)/t19-,20+,21-/m1/s1. The van der Waals surface area contributed by atoms with Crippen molar-refractivity contribution in [2.45, 2.75) is 42.9 Å². The van der Waals surface area contributed by atoms with Gasteiger partial charge in [0.2, 0.25) is 10.0 Å². The molecule has 0 aliphatic carbocycles. The van der Waals surface area contributed by atoms with E-state index in [-0.39, 0.29) is 16.7 Å². The largest absolute Gasteiger partial charge is 0.481 e. The van der Waals surface area contributed by atoms with E-state index in [0.29, 0.717) is 11.4 Å². The van der Waals surface area contributed by atoms with Crippen LogP contribution in [0.4, 0.5) is 0 Å². The second-order valence-electron chi connectivity index (χ2n) is 7.55. The number of carboxylic acids is 1. The summed E-state index contributed by atoms with van der Waals surface area (Å²) >= 11 is 7.80. The van der Waals surface area contributed by atoms with E-state index in [0.717, 1.165) is 23.3 Å². The average Bonchev–Trinajstić information content (AvgIpc) is 2.71. The lowest BCUT2D eigenvalue weighted by Crippen LogP contribution is -2.49. The first-order chi connectivity index (χ1) is 14.2. The van der Waals surface area contributed by atoms with Crippen LogP contribution in [0.25, 0.3) is 0 Å². The molecule has 0 bridgehead atoms. The van der Waals surface area contributed by atoms with Crippen LogP contribution in [0.3, 0.4) is 0 Å². The Labute approximate surface area is 187 Å². The van der Waals surface area contributed by atoms with Gasteiger partial charge in [-0.3, -0.25) is 4.79 Å². The van der Waals surface area contributed by atoms with Crippen LogP contribution in [0, 0.1) is 12.8 Å². The van der Waals surface area contributed by atoms with Gasteiger partial charge in [0, 0.05) is 16.8 Å². The number of aryl methyl sites for hydroxylation is 1. The molecule has 0 spiro atoms. The van der Waals surface area contributed by atoms with E-state index in [1.54, 1.807) is 54.2 Å². The zero-order valence-electron chi connectivity index (χ0n) is 17.0. The molecule has 1 saturated heterocycles. The van der Waals surface area contributed by atoms with Crippen molar-refractivity contribution in [1.82, 2.24) is 4.31 Å². The van der Waals surface area contributed by atoms with E-state index >= 15 is 0 Å². The number of piperidine rings is 1. The van der Waals surface area contributed by atoms with E-state index in [2.05, 4.69) is 0 Å². The van der Waals surface area contributed by atoms with Crippen LogP contribution in [0.1, 0.15) is 36.9 Å².